The number of halogens is 4. The van der Waals surface area contributed by atoms with Crippen LogP contribution in [-0.2, 0) is 14.8 Å². The standard InChI is InChI=1S/C25H43F4N5O3S/c1-32-15-33(2)21(16-5-10-22(30-13-16)25(27,28)29)12-18(32)14-31-24-23(37-24)20-4-3-11-34(20)38(35,36)19-8-6-17(26)7-9-19/h16-24,30-31H,3-15H2,1-2H3. The first kappa shape index (κ1) is 28.9. The Morgan fingerprint density at radius 1 is 1.00 bits per heavy atom. The van der Waals surface area contributed by atoms with Gasteiger partial charge in [0.05, 0.1) is 18.0 Å². The molecule has 1 saturated carbocycles. The molecule has 13 heteroatoms. The van der Waals surface area contributed by atoms with Crippen molar-refractivity contribution < 1.29 is 30.7 Å². The Labute approximate surface area is 223 Å². The number of ether oxygens (including phenoxy) is 1. The molecule has 0 aromatic rings. The second kappa shape index (κ2) is 11.4. The van der Waals surface area contributed by atoms with Crippen molar-refractivity contribution >= 4 is 10.0 Å². The number of nitrogens with one attached hydrogen (secondary N) is 2. The molecule has 0 aromatic heterocycles. The Bertz CT molecular complexity index is 911. The van der Waals surface area contributed by atoms with E-state index in [0.29, 0.717) is 51.7 Å². The van der Waals surface area contributed by atoms with Crippen LogP contribution in [0.1, 0.15) is 57.8 Å². The summed E-state index contributed by atoms with van der Waals surface area (Å²) in [4.78, 5) is 4.49. The van der Waals surface area contributed by atoms with Crippen LogP contribution in [0.4, 0.5) is 17.6 Å². The van der Waals surface area contributed by atoms with Crippen molar-refractivity contribution in [3.05, 3.63) is 0 Å². The minimum atomic E-state index is -4.20. The van der Waals surface area contributed by atoms with Crippen molar-refractivity contribution in [2.45, 2.75) is 112 Å². The predicted octanol–water partition coefficient (Wildman–Crippen LogP) is 2.27. The van der Waals surface area contributed by atoms with Gasteiger partial charge in [-0.3, -0.25) is 15.1 Å². The molecule has 5 aliphatic rings. The summed E-state index contributed by atoms with van der Waals surface area (Å²) in [6.07, 6.45) is -0.966. The molecule has 0 aromatic carbocycles. The molecule has 8 nitrogen and oxygen atoms in total. The van der Waals surface area contributed by atoms with Crippen molar-refractivity contribution in [2.75, 3.05) is 40.4 Å². The van der Waals surface area contributed by atoms with Crippen molar-refractivity contribution in [1.82, 2.24) is 24.7 Å². The maximum absolute atomic E-state index is 13.6. The first-order valence-corrected chi connectivity index (χ1v) is 15.7. The number of sulfonamides is 1. The summed E-state index contributed by atoms with van der Waals surface area (Å²) in [6.45, 7) is 2.28. The van der Waals surface area contributed by atoms with E-state index in [1.807, 2.05) is 7.05 Å². The summed E-state index contributed by atoms with van der Waals surface area (Å²) >= 11 is 0. The van der Waals surface area contributed by atoms with E-state index in [9.17, 15) is 26.0 Å². The summed E-state index contributed by atoms with van der Waals surface area (Å²) in [5, 5.41) is 5.71. The molecule has 5 fully saturated rings. The van der Waals surface area contributed by atoms with Gasteiger partial charge in [0.2, 0.25) is 10.0 Å². The van der Waals surface area contributed by atoms with Gasteiger partial charge in [0.1, 0.15) is 24.5 Å². The van der Waals surface area contributed by atoms with Gasteiger partial charge in [-0.15, -0.1) is 0 Å². The molecule has 1 aliphatic carbocycles. The summed E-state index contributed by atoms with van der Waals surface area (Å²) in [7, 11) is 0.616. The second-order valence-corrected chi connectivity index (χ2v) is 14.3. The van der Waals surface area contributed by atoms with Gasteiger partial charge in [-0.05, 0) is 77.8 Å². The van der Waals surface area contributed by atoms with Crippen LogP contribution in [0.2, 0.25) is 0 Å². The minimum absolute atomic E-state index is 0.116. The summed E-state index contributed by atoms with van der Waals surface area (Å²) in [5.74, 6) is 0.171. The Morgan fingerprint density at radius 2 is 1.74 bits per heavy atom. The zero-order valence-corrected chi connectivity index (χ0v) is 23.2. The largest absolute Gasteiger partial charge is 0.403 e. The molecular formula is C25H43F4N5O3S. The number of hydrogen-bond donors (Lipinski definition) is 2. The third kappa shape index (κ3) is 6.18. The first-order chi connectivity index (χ1) is 17.9. The van der Waals surface area contributed by atoms with Crippen LogP contribution in [0.25, 0.3) is 0 Å². The van der Waals surface area contributed by atoms with Crippen molar-refractivity contribution in [2.24, 2.45) is 5.92 Å². The van der Waals surface area contributed by atoms with Gasteiger partial charge in [-0.1, -0.05) is 0 Å². The number of epoxide rings is 1. The van der Waals surface area contributed by atoms with Crippen LogP contribution in [0.5, 0.6) is 0 Å². The van der Waals surface area contributed by atoms with Crippen molar-refractivity contribution in [3.63, 3.8) is 0 Å². The second-order valence-electron chi connectivity index (χ2n) is 12.1. The lowest BCUT2D eigenvalue weighted by Crippen LogP contribution is -2.60. The van der Waals surface area contributed by atoms with Gasteiger partial charge in [-0.25, -0.2) is 12.8 Å². The lowest BCUT2D eigenvalue weighted by molar-refractivity contribution is -0.163. The first-order valence-electron chi connectivity index (χ1n) is 14.2. The molecule has 4 aliphatic heterocycles. The summed E-state index contributed by atoms with van der Waals surface area (Å²) in [6, 6.07) is -1.18. The number of likely N-dealkylation sites (N-methyl/N-ethyl adjacent to an activating group) is 1. The molecule has 4 heterocycles. The van der Waals surface area contributed by atoms with Gasteiger partial charge in [0.15, 0.2) is 0 Å². The Morgan fingerprint density at radius 3 is 2.39 bits per heavy atom. The molecule has 7 atom stereocenters. The lowest BCUT2D eigenvalue weighted by atomic mass is 9.83. The number of rotatable bonds is 7. The maximum Gasteiger partial charge on any atom is 0.403 e. The molecule has 2 N–H and O–H groups in total. The predicted molar refractivity (Wildman–Crippen MR) is 136 cm³/mol. The number of hydrogen-bond acceptors (Lipinski definition) is 7. The number of nitrogens with zero attached hydrogens (tertiary/aromatic N) is 3. The Balaban J connectivity index is 1.12. The van der Waals surface area contributed by atoms with E-state index in [-0.39, 0.29) is 42.8 Å². The van der Waals surface area contributed by atoms with Crippen LogP contribution >= 0.6 is 0 Å². The van der Waals surface area contributed by atoms with E-state index in [1.165, 1.54) is 0 Å². The van der Waals surface area contributed by atoms with Crippen LogP contribution < -0.4 is 10.6 Å². The van der Waals surface area contributed by atoms with Gasteiger partial charge >= 0.3 is 6.18 Å². The van der Waals surface area contributed by atoms with E-state index < -0.39 is 33.7 Å². The van der Waals surface area contributed by atoms with E-state index in [0.717, 1.165) is 25.9 Å². The zero-order valence-electron chi connectivity index (χ0n) is 22.4. The zero-order chi connectivity index (χ0) is 27.2. The van der Waals surface area contributed by atoms with Gasteiger partial charge in [0, 0.05) is 31.7 Å². The molecule has 0 bridgehead atoms. The Kier molecular flexibility index (Phi) is 8.66. The monoisotopic (exact) mass is 569 g/mol. The third-order valence-corrected chi connectivity index (χ3v) is 12.0. The fourth-order valence-electron chi connectivity index (χ4n) is 7.24. The van der Waals surface area contributed by atoms with Gasteiger partial charge < -0.3 is 10.1 Å². The molecule has 7 unspecified atom stereocenters. The van der Waals surface area contributed by atoms with Crippen molar-refractivity contribution in [3.8, 4) is 0 Å². The third-order valence-electron chi connectivity index (χ3n) is 9.60. The maximum atomic E-state index is 13.6. The fraction of sp³-hybridized carbons (Fsp3) is 1.00. The molecule has 220 valence electrons. The highest BCUT2D eigenvalue weighted by molar-refractivity contribution is 7.89. The Hall–Kier alpha value is -0.570. The number of piperidine rings is 1. The summed E-state index contributed by atoms with van der Waals surface area (Å²) in [5.41, 5.74) is 0. The van der Waals surface area contributed by atoms with E-state index in [2.05, 4.69) is 27.5 Å². The van der Waals surface area contributed by atoms with Crippen LogP contribution in [0.3, 0.4) is 0 Å². The van der Waals surface area contributed by atoms with Gasteiger partial charge in [0.25, 0.3) is 0 Å². The van der Waals surface area contributed by atoms with Crippen molar-refractivity contribution in [1.29, 1.82) is 0 Å². The highest BCUT2D eigenvalue weighted by Gasteiger charge is 2.53. The van der Waals surface area contributed by atoms with Crippen LogP contribution in [0, 0.1) is 5.92 Å². The lowest BCUT2D eigenvalue weighted by Gasteiger charge is -2.48. The molecule has 5 rings (SSSR count). The van der Waals surface area contributed by atoms with E-state index in [4.69, 9.17) is 4.74 Å². The highest BCUT2D eigenvalue weighted by atomic mass is 32.2. The van der Waals surface area contributed by atoms with E-state index in [1.54, 1.807) is 4.31 Å². The quantitative estimate of drug-likeness (QED) is 0.360. The van der Waals surface area contributed by atoms with E-state index >= 15 is 0 Å². The SMILES string of the molecule is CN1CN(C)C(C2CCC(C(F)(F)F)NC2)CC1CNC1OC1C1CCCN1S(=O)(=O)C1CCC(F)CC1. The number of alkyl halides is 4. The highest BCUT2D eigenvalue weighted by Crippen LogP contribution is 2.38. The normalized spacial score (nSPS) is 42.4. The fourth-order valence-corrected chi connectivity index (χ4v) is 9.48. The molecule has 0 spiro atoms. The molecule has 4 saturated heterocycles. The van der Waals surface area contributed by atoms with Crippen LogP contribution in [0.15, 0.2) is 0 Å². The average molecular weight is 570 g/mol. The average Bonchev–Trinajstić information content (AvgIpc) is 3.46. The van der Waals surface area contributed by atoms with Gasteiger partial charge in [-0.2, -0.15) is 17.5 Å². The molecule has 38 heavy (non-hydrogen) atoms. The topological polar surface area (TPSA) is 80.5 Å². The molecule has 0 radical (unpaired) electrons. The smallest absolute Gasteiger partial charge is 0.351 e. The summed E-state index contributed by atoms with van der Waals surface area (Å²) < 4.78 is 87.0. The molecular weight excluding hydrogens is 526 g/mol. The molecule has 0 amide bonds. The van der Waals surface area contributed by atoms with Crippen LogP contribution in [-0.4, -0.2) is 117 Å². The minimum Gasteiger partial charge on any atom is -0.351 e.